The molecule has 0 aliphatic rings. The minimum Gasteiger partial charge on any atom is -0.264 e. The van der Waals surface area contributed by atoms with E-state index in [1.165, 1.54) is 36.5 Å². The number of hydrogen-bond acceptors (Lipinski definition) is 4. The van der Waals surface area contributed by atoms with Crippen molar-refractivity contribution in [2.24, 2.45) is 0 Å². The Balaban J connectivity index is 2.21. The van der Waals surface area contributed by atoms with Crippen LogP contribution in [0.1, 0.15) is 5.69 Å². The summed E-state index contributed by atoms with van der Waals surface area (Å²) >= 11 is 0. The molecule has 0 bridgehead atoms. The molecule has 23 heavy (non-hydrogen) atoms. The van der Waals surface area contributed by atoms with Crippen LogP contribution in [0.25, 0.3) is 16.6 Å². The molecule has 1 aromatic carbocycles. The van der Waals surface area contributed by atoms with E-state index in [1.807, 2.05) is 0 Å². The fourth-order valence-electron chi connectivity index (χ4n) is 2.20. The lowest BCUT2D eigenvalue weighted by atomic mass is 10.2. The van der Waals surface area contributed by atoms with Gasteiger partial charge < -0.3 is 0 Å². The first-order chi connectivity index (χ1) is 10.7. The molecule has 0 spiro atoms. The molecule has 0 unspecified atom stereocenters. The van der Waals surface area contributed by atoms with Gasteiger partial charge in [0.15, 0.2) is 15.5 Å². The standard InChI is InChI=1S/C14H10F3N3O2S/c1-23(21,22)10-4-2-9(3-5-10)20-12-6-7-18-8-11(12)13(19-20)14(15,16)17/h2-8H,1H3. The third kappa shape index (κ3) is 2.79. The number of fused-ring (bicyclic) bond motifs is 1. The van der Waals surface area contributed by atoms with Crippen LogP contribution < -0.4 is 0 Å². The van der Waals surface area contributed by atoms with E-state index in [0.717, 1.165) is 17.1 Å². The van der Waals surface area contributed by atoms with Crippen LogP contribution in [0.15, 0.2) is 47.6 Å². The summed E-state index contributed by atoms with van der Waals surface area (Å²) in [5, 5.41) is 3.51. The van der Waals surface area contributed by atoms with Crippen LogP contribution in [0.5, 0.6) is 0 Å². The average molecular weight is 341 g/mol. The minimum atomic E-state index is -4.61. The van der Waals surface area contributed by atoms with E-state index in [4.69, 9.17) is 0 Å². The molecule has 0 atom stereocenters. The van der Waals surface area contributed by atoms with Crippen molar-refractivity contribution in [2.45, 2.75) is 11.1 Å². The maximum atomic E-state index is 13.1. The van der Waals surface area contributed by atoms with Crippen molar-refractivity contribution in [3.8, 4) is 5.69 Å². The molecule has 0 aliphatic heterocycles. The zero-order valence-corrected chi connectivity index (χ0v) is 12.6. The summed E-state index contributed by atoms with van der Waals surface area (Å²) in [6.07, 6.45) is -1.09. The van der Waals surface area contributed by atoms with Crippen molar-refractivity contribution >= 4 is 20.7 Å². The molecule has 0 radical (unpaired) electrons. The number of aromatic nitrogens is 3. The smallest absolute Gasteiger partial charge is 0.264 e. The number of sulfone groups is 1. The summed E-state index contributed by atoms with van der Waals surface area (Å²) in [5.74, 6) is 0. The number of benzene rings is 1. The maximum Gasteiger partial charge on any atom is 0.435 e. The lowest BCUT2D eigenvalue weighted by Crippen LogP contribution is -2.07. The van der Waals surface area contributed by atoms with Gasteiger partial charge in [-0.2, -0.15) is 18.3 Å². The third-order valence-corrected chi connectivity index (χ3v) is 4.39. The molecule has 0 N–H and O–H groups in total. The van der Waals surface area contributed by atoms with E-state index in [9.17, 15) is 21.6 Å². The van der Waals surface area contributed by atoms with Gasteiger partial charge in [0.1, 0.15) is 0 Å². The van der Waals surface area contributed by atoms with Crippen molar-refractivity contribution in [3.63, 3.8) is 0 Å². The lowest BCUT2D eigenvalue weighted by molar-refractivity contribution is -0.140. The van der Waals surface area contributed by atoms with Crippen molar-refractivity contribution < 1.29 is 21.6 Å². The highest BCUT2D eigenvalue weighted by Crippen LogP contribution is 2.34. The predicted molar refractivity (Wildman–Crippen MR) is 77.0 cm³/mol. The number of hydrogen-bond donors (Lipinski definition) is 0. The van der Waals surface area contributed by atoms with E-state index < -0.39 is 21.7 Å². The van der Waals surface area contributed by atoms with Gasteiger partial charge in [0.2, 0.25) is 0 Å². The van der Waals surface area contributed by atoms with Crippen LogP contribution in [0.4, 0.5) is 13.2 Å². The van der Waals surface area contributed by atoms with E-state index in [-0.39, 0.29) is 15.8 Å². The Bertz CT molecular complexity index is 977. The van der Waals surface area contributed by atoms with Crippen molar-refractivity contribution in [1.82, 2.24) is 14.8 Å². The van der Waals surface area contributed by atoms with Gasteiger partial charge in [-0.1, -0.05) is 0 Å². The number of halogens is 3. The molecular weight excluding hydrogens is 331 g/mol. The van der Waals surface area contributed by atoms with Crippen LogP contribution in [0, 0.1) is 0 Å². The molecule has 2 aromatic heterocycles. The summed E-state index contributed by atoms with van der Waals surface area (Å²) in [7, 11) is -3.38. The monoisotopic (exact) mass is 341 g/mol. The predicted octanol–water partition coefficient (Wildman–Crippen LogP) is 2.84. The van der Waals surface area contributed by atoms with Gasteiger partial charge in [-0.25, -0.2) is 13.1 Å². The van der Waals surface area contributed by atoms with Crippen LogP contribution in [0.3, 0.4) is 0 Å². The van der Waals surface area contributed by atoms with Crippen molar-refractivity contribution in [1.29, 1.82) is 0 Å². The first-order valence-electron chi connectivity index (χ1n) is 6.38. The summed E-state index contributed by atoms with van der Waals surface area (Å²) in [5.41, 5.74) is -0.476. The van der Waals surface area contributed by atoms with E-state index in [1.54, 1.807) is 0 Å². The highest BCUT2D eigenvalue weighted by molar-refractivity contribution is 7.90. The first-order valence-corrected chi connectivity index (χ1v) is 8.27. The van der Waals surface area contributed by atoms with Gasteiger partial charge in [-0.3, -0.25) is 4.98 Å². The van der Waals surface area contributed by atoms with Gasteiger partial charge in [-0.05, 0) is 30.3 Å². The molecule has 0 saturated heterocycles. The molecule has 0 amide bonds. The fourth-order valence-corrected chi connectivity index (χ4v) is 2.83. The largest absolute Gasteiger partial charge is 0.435 e. The summed E-state index contributed by atoms with van der Waals surface area (Å²) < 4.78 is 63.3. The quantitative estimate of drug-likeness (QED) is 0.719. The Morgan fingerprint density at radius 3 is 2.30 bits per heavy atom. The Morgan fingerprint density at radius 2 is 1.74 bits per heavy atom. The van der Waals surface area contributed by atoms with E-state index >= 15 is 0 Å². The lowest BCUT2D eigenvalue weighted by Gasteiger charge is -2.05. The minimum absolute atomic E-state index is 0.0791. The molecular formula is C14H10F3N3O2S. The third-order valence-electron chi connectivity index (χ3n) is 3.26. The topological polar surface area (TPSA) is 64.8 Å². The SMILES string of the molecule is CS(=O)(=O)c1ccc(-n2nc(C(F)(F)F)c3cnccc32)cc1. The van der Waals surface area contributed by atoms with Crippen LogP contribution >= 0.6 is 0 Å². The Labute approximate surface area is 129 Å². The highest BCUT2D eigenvalue weighted by Gasteiger charge is 2.37. The number of rotatable bonds is 2. The molecule has 0 fully saturated rings. The number of alkyl halides is 3. The van der Waals surface area contributed by atoms with Crippen LogP contribution in [-0.2, 0) is 16.0 Å². The molecule has 5 nitrogen and oxygen atoms in total. The van der Waals surface area contributed by atoms with Gasteiger partial charge in [0.05, 0.1) is 21.5 Å². The molecule has 3 aromatic rings. The Morgan fingerprint density at radius 1 is 1.09 bits per heavy atom. The van der Waals surface area contributed by atoms with Crippen LogP contribution in [0.2, 0.25) is 0 Å². The normalized spacial score (nSPS) is 12.7. The summed E-state index contributed by atoms with van der Waals surface area (Å²) in [6.45, 7) is 0. The number of pyridine rings is 1. The summed E-state index contributed by atoms with van der Waals surface area (Å²) in [6, 6.07) is 6.88. The Kier molecular flexibility index (Phi) is 3.40. The molecule has 0 saturated carbocycles. The molecule has 2 heterocycles. The highest BCUT2D eigenvalue weighted by atomic mass is 32.2. The van der Waals surface area contributed by atoms with Gasteiger partial charge >= 0.3 is 6.18 Å². The zero-order chi connectivity index (χ0) is 16.8. The number of nitrogens with zero attached hydrogens (tertiary/aromatic N) is 3. The van der Waals surface area contributed by atoms with Crippen molar-refractivity contribution in [2.75, 3.05) is 6.26 Å². The van der Waals surface area contributed by atoms with Crippen molar-refractivity contribution in [3.05, 3.63) is 48.4 Å². The average Bonchev–Trinajstić information content (AvgIpc) is 2.86. The Hall–Kier alpha value is -2.42. The van der Waals surface area contributed by atoms with Gasteiger partial charge in [-0.15, -0.1) is 0 Å². The second kappa shape index (κ2) is 5.05. The van der Waals surface area contributed by atoms with E-state index in [0.29, 0.717) is 5.69 Å². The fraction of sp³-hybridized carbons (Fsp3) is 0.143. The molecule has 0 aliphatic carbocycles. The molecule has 9 heteroatoms. The van der Waals surface area contributed by atoms with Gasteiger partial charge in [0, 0.05) is 18.6 Å². The molecule has 3 rings (SSSR count). The summed E-state index contributed by atoms with van der Waals surface area (Å²) in [4.78, 5) is 3.79. The van der Waals surface area contributed by atoms with E-state index in [2.05, 4.69) is 10.1 Å². The first kappa shape index (κ1) is 15.5. The van der Waals surface area contributed by atoms with Crippen LogP contribution in [-0.4, -0.2) is 29.4 Å². The second-order valence-electron chi connectivity index (χ2n) is 4.92. The second-order valence-corrected chi connectivity index (χ2v) is 6.93. The molecule has 120 valence electrons. The van der Waals surface area contributed by atoms with Gasteiger partial charge in [0.25, 0.3) is 0 Å². The zero-order valence-electron chi connectivity index (χ0n) is 11.7. The maximum absolute atomic E-state index is 13.1.